The van der Waals surface area contributed by atoms with Gasteiger partial charge in [-0.1, -0.05) is 0 Å². The Balaban J connectivity index is 2.32. The summed E-state index contributed by atoms with van der Waals surface area (Å²) in [6.45, 7) is 0.687. The lowest BCUT2D eigenvalue weighted by Gasteiger charge is -2.26. The third kappa shape index (κ3) is 2.20. The molecule has 1 fully saturated rings. The minimum absolute atomic E-state index is 0.0414. The van der Waals surface area contributed by atoms with Gasteiger partial charge in [0.2, 0.25) is 0 Å². The Morgan fingerprint density at radius 3 is 2.82 bits per heavy atom. The number of halogens is 1. The fourth-order valence-electron chi connectivity index (χ4n) is 1.63. The number of carbonyl (C=O) groups is 2. The van der Waals surface area contributed by atoms with E-state index in [9.17, 15) is 14.0 Å². The van der Waals surface area contributed by atoms with Gasteiger partial charge in [-0.25, -0.2) is 14.0 Å². The number of hydrogen-bond acceptors (Lipinski definition) is 3. The van der Waals surface area contributed by atoms with Crippen LogP contribution in [0.1, 0.15) is 16.8 Å². The number of carboxylic acid groups (broad SMARTS) is 1. The summed E-state index contributed by atoms with van der Waals surface area (Å²) in [4.78, 5) is 23.2. The molecule has 90 valence electrons. The lowest BCUT2D eigenvalue weighted by molar-refractivity contribution is 0.0696. The first-order valence-corrected chi connectivity index (χ1v) is 5.07. The normalized spacial score (nSPS) is 15.6. The summed E-state index contributed by atoms with van der Waals surface area (Å²) in [5.41, 5.74) is -0.115. The summed E-state index contributed by atoms with van der Waals surface area (Å²) in [7, 11) is 0. The second kappa shape index (κ2) is 4.40. The van der Waals surface area contributed by atoms with Crippen molar-refractivity contribution in [1.82, 2.24) is 0 Å². The molecule has 2 rings (SSSR count). The van der Waals surface area contributed by atoms with Crippen molar-refractivity contribution >= 4 is 17.7 Å². The highest BCUT2D eigenvalue weighted by molar-refractivity contribution is 5.91. The monoisotopic (exact) mass is 239 g/mol. The zero-order chi connectivity index (χ0) is 12.4. The van der Waals surface area contributed by atoms with Crippen LogP contribution in [0, 0.1) is 5.82 Å². The number of ether oxygens (including phenoxy) is 1. The number of anilines is 1. The summed E-state index contributed by atoms with van der Waals surface area (Å²) in [5.74, 6) is -1.96. The molecule has 0 bridgehead atoms. The van der Waals surface area contributed by atoms with Crippen LogP contribution in [0.15, 0.2) is 18.2 Å². The second-order valence-corrected chi connectivity index (χ2v) is 3.59. The van der Waals surface area contributed by atoms with Gasteiger partial charge in [-0.2, -0.15) is 0 Å². The van der Waals surface area contributed by atoms with Crippen LogP contribution in [0.4, 0.5) is 14.9 Å². The van der Waals surface area contributed by atoms with Gasteiger partial charge >= 0.3 is 12.1 Å². The van der Waals surface area contributed by atoms with Gasteiger partial charge in [0.05, 0.1) is 17.9 Å². The number of cyclic esters (lactones) is 1. The van der Waals surface area contributed by atoms with Crippen molar-refractivity contribution in [3.63, 3.8) is 0 Å². The van der Waals surface area contributed by atoms with Crippen molar-refractivity contribution in [2.45, 2.75) is 6.42 Å². The third-order valence-electron chi connectivity index (χ3n) is 2.46. The highest BCUT2D eigenvalue weighted by Gasteiger charge is 2.24. The van der Waals surface area contributed by atoms with E-state index in [2.05, 4.69) is 0 Å². The van der Waals surface area contributed by atoms with Gasteiger partial charge in [0.25, 0.3) is 0 Å². The summed E-state index contributed by atoms with van der Waals surface area (Å²) in [5, 5.41) is 8.69. The Morgan fingerprint density at radius 2 is 2.24 bits per heavy atom. The van der Waals surface area contributed by atoms with Crippen LogP contribution in [-0.2, 0) is 4.74 Å². The summed E-state index contributed by atoms with van der Waals surface area (Å²) < 4.78 is 18.4. The van der Waals surface area contributed by atoms with Gasteiger partial charge in [-0.3, -0.25) is 4.90 Å². The molecule has 0 atom stereocenters. The lowest BCUT2D eigenvalue weighted by Crippen LogP contribution is -2.38. The van der Waals surface area contributed by atoms with Crippen molar-refractivity contribution in [3.8, 4) is 0 Å². The first-order chi connectivity index (χ1) is 8.09. The lowest BCUT2D eigenvalue weighted by atomic mass is 10.2. The zero-order valence-corrected chi connectivity index (χ0v) is 8.85. The third-order valence-corrected chi connectivity index (χ3v) is 2.46. The molecule has 1 aliphatic heterocycles. The Morgan fingerprint density at radius 1 is 1.47 bits per heavy atom. The number of carboxylic acids is 1. The minimum atomic E-state index is -1.21. The molecular weight excluding hydrogens is 229 g/mol. The first-order valence-electron chi connectivity index (χ1n) is 5.07. The van der Waals surface area contributed by atoms with E-state index in [0.29, 0.717) is 19.6 Å². The predicted molar refractivity (Wildman–Crippen MR) is 56.7 cm³/mol. The van der Waals surface area contributed by atoms with Gasteiger partial charge in [-0.15, -0.1) is 0 Å². The molecule has 1 aromatic carbocycles. The SMILES string of the molecule is O=C(O)c1ccc(N2CCCOC2=O)c(F)c1. The molecule has 0 unspecified atom stereocenters. The van der Waals surface area contributed by atoms with E-state index >= 15 is 0 Å². The van der Waals surface area contributed by atoms with Crippen LogP contribution >= 0.6 is 0 Å². The van der Waals surface area contributed by atoms with Crippen LogP contribution < -0.4 is 4.90 Å². The standard InChI is InChI=1S/C11H10FNO4/c12-8-6-7(10(14)15)2-3-9(8)13-4-1-5-17-11(13)16/h2-3,6H,1,4-5H2,(H,14,15). The second-order valence-electron chi connectivity index (χ2n) is 3.59. The predicted octanol–water partition coefficient (Wildman–Crippen LogP) is 1.87. The number of rotatable bonds is 2. The molecule has 0 spiro atoms. The molecule has 1 aliphatic rings. The number of benzene rings is 1. The molecule has 17 heavy (non-hydrogen) atoms. The fraction of sp³-hybridized carbons (Fsp3) is 0.273. The van der Waals surface area contributed by atoms with Crippen molar-refractivity contribution in [1.29, 1.82) is 0 Å². The van der Waals surface area contributed by atoms with Crippen LogP contribution in [-0.4, -0.2) is 30.3 Å². The van der Waals surface area contributed by atoms with Crippen LogP contribution in [0.5, 0.6) is 0 Å². The average molecular weight is 239 g/mol. The van der Waals surface area contributed by atoms with E-state index in [1.54, 1.807) is 0 Å². The molecule has 5 nitrogen and oxygen atoms in total. The number of carbonyl (C=O) groups excluding carboxylic acids is 1. The van der Waals surface area contributed by atoms with E-state index in [1.165, 1.54) is 12.1 Å². The van der Waals surface area contributed by atoms with E-state index in [0.717, 1.165) is 11.0 Å². The Bertz CT molecular complexity index is 475. The number of aromatic carboxylic acids is 1. The van der Waals surface area contributed by atoms with E-state index in [4.69, 9.17) is 9.84 Å². The maximum atomic E-state index is 13.7. The van der Waals surface area contributed by atoms with Gasteiger partial charge in [-0.05, 0) is 24.6 Å². The number of nitrogens with zero attached hydrogens (tertiary/aromatic N) is 1. The average Bonchev–Trinajstić information content (AvgIpc) is 2.30. The summed E-state index contributed by atoms with van der Waals surface area (Å²) in [6, 6.07) is 3.41. The summed E-state index contributed by atoms with van der Waals surface area (Å²) >= 11 is 0. The highest BCUT2D eigenvalue weighted by Crippen LogP contribution is 2.23. The zero-order valence-electron chi connectivity index (χ0n) is 8.85. The quantitative estimate of drug-likeness (QED) is 0.855. The largest absolute Gasteiger partial charge is 0.478 e. The molecule has 1 aromatic rings. The first kappa shape index (κ1) is 11.4. The van der Waals surface area contributed by atoms with Crippen LogP contribution in [0.3, 0.4) is 0 Å². The van der Waals surface area contributed by atoms with Gasteiger partial charge in [0.15, 0.2) is 0 Å². The number of amides is 1. The Kier molecular flexibility index (Phi) is 2.95. The van der Waals surface area contributed by atoms with E-state index in [1.807, 2.05) is 0 Å². The maximum absolute atomic E-state index is 13.7. The maximum Gasteiger partial charge on any atom is 0.414 e. The van der Waals surface area contributed by atoms with Gasteiger partial charge in [0, 0.05) is 6.54 Å². The molecule has 1 N–H and O–H groups in total. The van der Waals surface area contributed by atoms with Crippen molar-refractivity contribution in [3.05, 3.63) is 29.6 Å². The Labute approximate surface area is 96.4 Å². The van der Waals surface area contributed by atoms with Crippen molar-refractivity contribution < 1.29 is 23.8 Å². The Hall–Kier alpha value is -2.11. The van der Waals surface area contributed by atoms with Crippen molar-refractivity contribution in [2.24, 2.45) is 0 Å². The molecule has 6 heteroatoms. The molecule has 0 aromatic heterocycles. The topological polar surface area (TPSA) is 66.8 Å². The van der Waals surface area contributed by atoms with Crippen molar-refractivity contribution in [2.75, 3.05) is 18.1 Å². The molecule has 1 saturated heterocycles. The molecule has 1 amide bonds. The molecule has 0 saturated carbocycles. The molecular formula is C11H10FNO4. The van der Waals surface area contributed by atoms with Gasteiger partial charge < -0.3 is 9.84 Å². The van der Waals surface area contributed by atoms with E-state index in [-0.39, 0.29) is 11.3 Å². The number of hydrogen-bond donors (Lipinski definition) is 1. The molecule has 1 heterocycles. The van der Waals surface area contributed by atoms with Gasteiger partial charge in [0.1, 0.15) is 5.82 Å². The fourth-order valence-corrected chi connectivity index (χ4v) is 1.63. The molecule has 0 radical (unpaired) electrons. The van der Waals surface area contributed by atoms with Crippen LogP contribution in [0.25, 0.3) is 0 Å². The highest BCUT2D eigenvalue weighted by atomic mass is 19.1. The molecule has 0 aliphatic carbocycles. The van der Waals surface area contributed by atoms with Crippen LogP contribution in [0.2, 0.25) is 0 Å². The summed E-state index contributed by atoms with van der Waals surface area (Å²) in [6.07, 6.45) is 0.00417. The smallest absolute Gasteiger partial charge is 0.414 e. The van der Waals surface area contributed by atoms with E-state index < -0.39 is 17.9 Å². The minimum Gasteiger partial charge on any atom is -0.478 e.